The molecule has 0 unspecified atom stereocenters. The largest absolute Gasteiger partial charge is 0.480 e. The zero-order valence-electron chi connectivity index (χ0n) is 9.69. The van der Waals surface area contributed by atoms with Crippen LogP contribution in [-0.2, 0) is 4.79 Å². The molecule has 0 saturated carbocycles. The second-order valence-corrected chi connectivity index (χ2v) is 4.67. The number of carboxylic acid groups (broad SMARTS) is 1. The van der Waals surface area contributed by atoms with Crippen LogP contribution < -0.4 is 5.32 Å². The van der Waals surface area contributed by atoms with Crippen molar-refractivity contribution in [3.8, 4) is 12.3 Å². The van der Waals surface area contributed by atoms with Crippen LogP contribution in [0.4, 0.5) is 14.9 Å². The number of carboxylic acids is 1. The molecule has 0 saturated heterocycles. The van der Waals surface area contributed by atoms with Gasteiger partial charge in [0.25, 0.3) is 0 Å². The Bertz CT molecular complexity index is 542. The van der Waals surface area contributed by atoms with Gasteiger partial charge in [0.2, 0.25) is 0 Å². The minimum Gasteiger partial charge on any atom is -0.480 e. The summed E-state index contributed by atoms with van der Waals surface area (Å²) in [4.78, 5) is 23.4. The van der Waals surface area contributed by atoms with E-state index >= 15 is 0 Å². The monoisotopic (exact) mass is 376 g/mol. The summed E-state index contributed by atoms with van der Waals surface area (Å²) in [5.74, 6) is 0.613. The number of benzene rings is 1. The molecule has 1 aromatic rings. The van der Waals surface area contributed by atoms with Crippen molar-refractivity contribution in [3.05, 3.63) is 27.6 Å². The van der Waals surface area contributed by atoms with Crippen molar-refractivity contribution in [1.29, 1.82) is 0 Å². The first-order valence-corrected chi connectivity index (χ1v) is 6.18. The van der Waals surface area contributed by atoms with Crippen LogP contribution in [0.5, 0.6) is 0 Å². The van der Waals surface area contributed by atoms with E-state index < -0.39 is 24.4 Å². The maximum Gasteiger partial charge on any atom is 0.323 e. The highest BCUT2D eigenvalue weighted by molar-refractivity contribution is 14.1. The Kier molecular flexibility index (Phi) is 5.57. The molecule has 0 heterocycles. The first-order valence-electron chi connectivity index (χ1n) is 5.10. The summed E-state index contributed by atoms with van der Waals surface area (Å²) in [7, 11) is 0. The van der Waals surface area contributed by atoms with Crippen LogP contribution in [-0.4, -0.2) is 35.1 Å². The number of nitrogens with zero attached hydrogens (tertiary/aromatic N) is 1. The lowest BCUT2D eigenvalue weighted by atomic mass is 10.3. The molecular formula is C12H10FIN2O3. The number of rotatable bonds is 4. The predicted molar refractivity (Wildman–Crippen MR) is 76.2 cm³/mol. The Balaban J connectivity index is 2.81. The smallest absolute Gasteiger partial charge is 0.323 e. The first-order chi connectivity index (χ1) is 8.93. The molecule has 1 rings (SSSR count). The number of carbonyl (C=O) groups is 2. The van der Waals surface area contributed by atoms with Crippen LogP contribution in [0.15, 0.2) is 18.2 Å². The molecule has 1 aromatic carbocycles. The molecule has 5 nitrogen and oxygen atoms in total. The number of terminal acetylenes is 1. The van der Waals surface area contributed by atoms with E-state index in [2.05, 4.69) is 11.2 Å². The van der Waals surface area contributed by atoms with E-state index in [1.807, 2.05) is 22.6 Å². The van der Waals surface area contributed by atoms with Crippen molar-refractivity contribution >= 4 is 40.3 Å². The van der Waals surface area contributed by atoms with E-state index in [0.717, 1.165) is 4.90 Å². The first kappa shape index (κ1) is 15.2. The molecule has 0 radical (unpaired) electrons. The standard InChI is InChI=1S/C12H10FIN2O3/c1-2-5-16(7-11(17)18)12(19)15-10-4-3-8(13)6-9(10)14/h1,3-4,6H,5,7H2,(H,15,19)(H,17,18). The zero-order chi connectivity index (χ0) is 14.4. The second kappa shape index (κ2) is 6.94. The van der Waals surface area contributed by atoms with Crippen molar-refractivity contribution in [2.45, 2.75) is 0 Å². The minimum atomic E-state index is -1.17. The van der Waals surface area contributed by atoms with Crippen molar-refractivity contribution in [2.75, 3.05) is 18.4 Å². The van der Waals surface area contributed by atoms with Gasteiger partial charge in [-0.05, 0) is 40.8 Å². The molecule has 0 aliphatic rings. The molecule has 0 aliphatic heterocycles. The van der Waals surface area contributed by atoms with Gasteiger partial charge in [-0.15, -0.1) is 6.42 Å². The van der Waals surface area contributed by atoms with Crippen molar-refractivity contribution in [1.82, 2.24) is 4.90 Å². The van der Waals surface area contributed by atoms with Crippen molar-refractivity contribution in [2.24, 2.45) is 0 Å². The molecule has 19 heavy (non-hydrogen) atoms. The van der Waals surface area contributed by atoms with Gasteiger partial charge in [-0.25, -0.2) is 9.18 Å². The van der Waals surface area contributed by atoms with Gasteiger partial charge in [-0.2, -0.15) is 0 Å². The molecule has 100 valence electrons. The summed E-state index contributed by atoms with van der Waals surface area (Å²) in [6.45, 7) is -0.635. The molecule has 2 amide bonds. The number of anilines is 1. The topological polar surface area (TPSA) is 69.6 Å². The van der Waals surface area contributed by atoms with Gasteiger partial charge in [0.05, 0.1) is 12.2 Å². The van der Waals surface area contributed by atoms with Crippen molar-refractivity contribution in [3.63, 3.8) is 0 Å². The van der Waals surface area contributed by atoms with E-state index in [1.165, 1.54) is 18.2 Å². The van der Waals surface area contributed by atoms with Crippen LogP contribution in [0.25, 0.3) is 0 Å². The number of amides is 2. The Morgan fingerprint density at radius 2 is 2.21 bits per heavy atom. The fraction of sp³-hybridized carbons (Fsp3) is 0.167. The molecular weight excluding hydrogens is 366 g/mol. The molecule has 2 N–H and O–H groups in total. The molecule has 0 bridgehead atoms. The third kappa shape index (κ3) is 4.75. The van der Waals surface area contributed by atoms with E-state index in [-0.39, 0.29) is 6.54 Å². The van der Waals surface area contributed by atoms with Gasteiger partial charge in [0, 0.05) is 3.57 Å². The third-order valence-corrected chi connectivity index (χ3v) is 2.96. The Hall–Kier alpha value is -1.82. The van der Waals surface area contributed by atoms with Gasteiger partial charge in [-0.3, -0.25) is 4.79 Å². The second-order valence-electron chi connectivity index (χ2n) is 3.51. The quantitative estimate of drug-likeness (QED) is 0.624. The van der Waals surface area contributed by atoms with Crippen LogP contribution >= 0.6 is 22.6 Å². The maximum absolute atomic E-state index is 12.9. The number of nitrogens with one attached hydrogen (secondary N) is 1. The Labute approximate surface area is 122 Å². The molecule has 0 atom stereocenters. The zero-order valence-corrected chi connectivity index (χ0v) is 11.8. The molecule has 0 aliphatic carbocycles. The lowest BCUT2D eigenvalue weighted by Gasteiger charge is -2.19. The summed E-state index contributed by atoms with van der Waals surface area (Å²) < 4.78 is 13.4. The highest BCUT2D eigenvalue weighted by atomic mass is 127. The number of halogens is 2. The fourth-order valence-corrected chi connectivity index (χ4v) is 1.87. The summed E-state index contributed by atoms with van der Waals surface area (Å²) >= 11 is 1.86. The van der Waals surface area contributed by atoms with Crippen LogP contribution in [0, 0.1) is 21.7 Å². The number of carbonyl (C=O) groups excluding carboxylic acids is 1. The average Bonchev–Trinajstić information content (AvgIpc) is 2.31. The fourth-order valence-electron chi connectivity index (χ4n) is 1.26. The summed E-state index contributed by atoms with van der Waals surface area (Å²) in [6, 6.07) is 3.19. The normalized spacial score (nSPS) is 9.53. The van der Waals surface area contributed by atoms with E-state index in [9.17, 15) is 14.0 Å². The molecule has 7 heteroatoms. The minimum absolute atomic E-state index is 0.129. The van der Waals surface area contributed by atoms with Crippen molar-refractivity contribution < 1.29 is 19.1 Å². The maximum atomic E-state index is 12.9. The highest BCUT2D eigenvalue weighted by Gasteiger charge is 2.16. The lowest BCUT2D eigenvalue weighted by Crippen LogP contribution is -2.39. The molecule has 0 aromatic heterocycles. The van der Waals surface area contributed by atoms with Gasteiger partial charge in [-0.1, -0.05) is 5.92 Å². The summed E-state index contributed by atoms with van der Waals surface area (Å²) in [5.41, 5.74) is 0.388. The summed E-state index contributed by atoms with van der Waals surface area (Å²) in [5, 5.41) is 11.2. The van der Waals surface area contributed by atoms with E-state index in [1.54, 1.807) is 0 Å². The number of hydrogen-bond donors (Lipinski definition) is 2. The average molecular weight is 376 g/mol. The number of aliphatic carboxylic acids is 1. The van der Waals surface area contributed by atoms with E-state index in [0.29, 0.717) is 9.26 Å². The van der Waals surface area contributed by atoms with Gasteiger partial charge in [0.15, 0.2) is 0 Å². The van der Waals surface area contributed by atoms with Gasteiger partial charge in [0.1, 0.15) is 12.4 Å². The van der Waals surface area contributed by atoms with Crippen LogP contribution in [0.3, 0.4) is 0 Å². The van der Waals surface area contributed by atoms with Crippen LogP contribution in [0.2, 0.25) is 0 Å². The Morgan fingerprint density at radius 3 is 2.74 bits per heavy atom. The predicted octanol–water partition coefficient (Wildman–Crippen LogP) is 1.98. The Morgan fingerprint density at radius 1 is 1.53 bits per heavy atom. The molecule has 0 fully saturated rings. The summed E-state index contributed by atoms with van der Waals surface area (Å²) in [6.07, 6.45) is 5.07. The van der Waals surface area contributed by atoms with E-state index in [4.69, 9.17) is 11.5 Å². The SMILES string of the molecule is C#CCN(CC(=O)O)C(=O)Nc1ccc(F)cc1I. The number of hydrogen-bond acceptors (Lipinski definition) is 2. The third-order valence-electron chi connectivity index (χ3n) is 2.07. The van der Waals surface area contributed by atoms with Gasteiger partial charge >= 0.3 is 12.0 Å². The highest BCUT2D eigenvalue weighted by Crippen LogP contribution is 2.19. The van der Waals surface area contributed by atoms with Gasteiger partial charge < -0.3 is 15.3 Å². The van der Waals surface area contributed by atoms with Crippen LogP contribution in [0.1, 0.15) is 0 Å². The number of urea groups is 1. The lowest BCUT2D eigenvalue weighted by molar-refractivity contribution is -0.137. The molecule has 0 spiro atoms.